The van der Waals surface area contributed by atoms with Gasteiger partial charge in [0.2, 0.25) is 5.91 Å². The topological polar surface area (TPSA) is 80.8 Å². The summed E-state index contributed by atoms with van der Waals surface area (Å²) >= 11 is 0. The van der Waals surface area contributed by atoms with Crippen molar-refractivity contribution in [2.75, 3.05) is 19.7 Å². The molecule has 2 aromatic rings. The second kappa shape index (κ2) is 6.86. The average Bonchev–Trinajstić information content (AvgIpc) is 3.37. The van der Waals surface area contributed by atoms with Crippen LogP contribution in [0, 0.1) is 0 Å². The van der Waals surface area contributed by atoms with Crippen LogP contribution in [-0.2, 0) is 42.5 Å². The molecule has 0 saturated carbocycles. The Morgan fingerprint density at radius 3 is 2.96 bits per heavy atom. The Balaban J connectivity index is 1.53. The monoisotopic (exact) mass is 358 g/mol. The lowest BCUT2D eigenvalue weighted by Crippen LogP contribution is -2.40. The number of aromatic nitrogens is 2. The molecule has 0 N–H and O–H groups in total. The van der Waals surface area contributed by atoms with Gasteiger partial charge >= 0.3 is 6.09 Å². The van der Waals surface area contributed by atoms with E-state index in [1.54, 1.807) is 17.2 Å². The van der Waals surface area contributed by atoms with Gasteiger partial charge in [-0.2, -0.15) is 5.10 Å². The van der Waals surface area contributed by atoms with E-state index in [1.165, 1.54) is 16.2 Å². The number of aryl methyl sites for hydroxylation is 1. The van der Waals surface area contributed by atoms with E-state index in [1.807, 2.05) is 17.8 Å². The van der Waals surface area contributed by atoms with Gasteiger partial charge in [-0.15, -0.1) is 0 Å². The van der Waals surface area contributed by atoms with Crippen molar-refractivity contribution in [3.05, 3.63) is 41.1 Å². The van der Waals surface area contributed by atoms with E-state index in [0.717, 1.165) is 25.0 Å². The highest BCUT2D eigenvalue weighted by atomic mass is 16.6. The number of amides is 2. The van der Waals surface area contributed by atoms with Gasteiger partial charge in [-0.05, 0) is 37.0 Å². The molecule has 4 rings (SSSR count). The fourth-order valence-corrected chi connectivity index (χ4v) is 3.66. The van der Waals surface area contributed by atoms with Crippen molar-refractivity contribution in [2.24, 2.45) is 7.05 Å². The standard InChI is InChI=1S/C18H22N4O4/c1-20-16-6-2-5-14(16)15(19-20)11-22(10-13-4-3-8-25-13)17(23)12-21-7-9-26-18(21)24/h3-4,8H,2,5-7,9-12H2,1H3. The van der Waals surface area contributed by atoms with E-state index in [4.69, 9.17) is 9.15 Å². The molecule has 2 amide bonds. The molecule has 0 bridgehead atoms. The third kappa shape index (κ3) is 3.18. The molecule has 0 radical (unpaired) electrons. The second-order valence-corrected chi connectivity index (χ2v) is 6.71. The van der Waals surface area contributed by atoms with E-state index >= 15 is 0 Å². The van der Waals surface area contributed by atoms with E-state index in [2.05, 4.69) is 5.10 Å². The van der Waals surface area contributed by atoms with E-state index < -0.39 is 6.09 Å². The molecule has 2 aliphatic rings. The Morgan fingerprint density at radius 2 is 2.23 bits per heavy atom. The third-order valence-corrected chi connectivity index (χ3v) is 4.99. The van der Waals surface area contributed by atoms with Crippen LogP contribution >= 0.6 is 0 Å². The summed E-state index contributed by atoms with van der Waals surface area (Å²) in [5.41, 5.74) is 3.45. The molecule has 1 aliphatic carbocycles. The second-order valence-electron chi connectivity index (χ2n) is 6.71. The molecular weight excluding hydrogens is 336 g/mol. The van der Waals surface area contributed by atoms with Gasteiger partial charge < -0.3 is 14.1 Å². The van der Waals surface area contributed by atoms with Gasteiger partial charge in [0.05, 0.1) is 31.6 Å². The fourth-order valence-electron chi connectivity index (χ4n) is 3.66. The van der Waals surface area contributed by atoms with Crippen LogP contribution in [0.25, 0.3) is 0 Å². The van der Waals surface area contributed by atoms with E-state index in [-0.39, 0.29) is 12.5 Å². The van der Waals surface area contributed by atoms with Crippen LogP contribution in [0.1, 0.15) is 29.1 Å². The van der Waals surface area contributed by atoms with Gasteiger partial charge in [-0.25, -0.2) is 4.79 Å². The Bertz CT molecular complexity index is 812. The summed E-state index contributed by atoms with van der Waals surface area (Å²) in [5, 5.41) is 4.62. The summed E-state index contributed by atoms with van der Waals surface area (Å²) in [6.07, 6.45) is 4.31. The highest BCUT2D eigenvalue weighted by Gasteiger charge is 2.29. The molecule has 8 nitrogen and oxygen atoms in total. The summed E-state index contributed by atoms with van der Waals surface area (Å²) in [6, 6.07) is 3.64. The Kier molecular flexibility index (Phi) is 4.40. The maximum Gasteiger partial charge on any atom is 0.410 e. The first-order valence-corrected chi connectivity index (χ1v) is 8.87. The van der Waals surface area contributed by atoms with Crippen molar-refractivity contribution in [2.45, 2.75) is 32.4 Å². The summed E-state index contributed by atoms with van der Waals surface area (Å²) in [7, 11) is 1.95. The number of carbonyl (C=O) groups excluding carboxylic acids is 2. The number of rotatable bonds is 6. The normalized spacial score (nSPS) is 16.0. The summed E-state index contributed by atoms with van der Waals surface area (Å²) < 4.78 is 12.3. The Labute approximate surface area is 151 Å². The molecule has 138 valence electrons. The van der Waals surface area contributed by atoms with Crippen molar-refractivity contribution in [1.82, 2.24) is 19.6 Å². The van der Waals surface area contributed by atoms with Crippen LogP contribution in [0.2, 0.25) is 0 Å². The minimum absolute atomic E-state index is 0.00850. The van der Waals surface area contributed by atoms with Gasteiger partial charge in [-0.3, -0.25) is 14.4 Å². The molecule has 0 atom stereocenters. The molecule has 1 fully saturated rings. The van der Waals surface area contributed by atoms with Gasteiger partial charge in [0.15, 0.2) is 0 Å². The van der Waals surface area contributed by atoms with E-state index in [9.17, 15) is 9.59 Å². The predicted molar refractivity (Wildman–Crippen MR) is 91.1 cm³/mol. The zero-order valence-electron chi connectivity index (χ0n) is 14.8. The number of fused-ring (bicyclic) bond motifs is 1. The number of carbonyl (C=O) groups is 2. The summed E-state index contributed by atoms with van der Waals surface area (Å²) in [6.45, 7) is 1.54. The van der Waals surface area contributed by atoms with Crippen LogP contribution < -0.4 is 0 Å². The first kappa shape index (κ1) is 16.7. The van der Waals surface area contributed by atoms with Crippen molar-refractivity contribution < 1.29 is 18.7 Å². The quantitative estimate of drug-likeness (QED) is 0.781. The molecular formula is C18H22N4O4. The molecule has 26 heavy (non-hydrogen) atoms. The maximum atomic E-state index is 12.9. The Hall–Kier alpha value is -2.77. The fraction of sp³-hybridized carbons (Fsp3) is 0.500. The zero-order chi connectivity index (χ0) is 18.1. The molecule has 3 heterocycles. The first-order valence-electron chi connectivity index (χ1n) is 8.87. The molecule has 0 spiro atoms. The Morgan fingerprint density at radius 1 is 1.35 bits per heavy atom. The minimum atomic E-state index is -0.435. The number of furan rings is 1. The van der Waals surface area contributed by atoms with Crippen LogP contribution in [0.3, 0.4) is 0 Å². The molecule has 8 heteroatoms. The molecule has 2 aromatic heterocycles. The average molecular weight is 358 g/mol. The van der Waals surface area contributed by atoms with Crippen molar-refractivity contribution in [1.29, 1.82) is 0 Å². The van der Waals surface area contributed by atoms with Crippen LogP contribution in [0.5, 0.6) is 0 Å². The maximum absolute atomic E-state index is 12.9. The zero-order valence-corrected chi connectivity index (χ0v) is 14.8. The number of ether oxygens (including phenoxy) is 1. The lowest BCUT2D eigenvalue weighted by molar-refractivity contribution is -0.133. The lowest BCUT2D eigenvalue weighted by Gasteiger charge is -2.23. The van der Waals surface area contributed by atoms with Crippen molar-refractivity contribution in [3.8, 4) is 0 Å². The van der Waals surface area contributed by atoms with Gasteiger partial charge in [0.25, 0.3) is 0 Å². The van der Waals surface area contributed by atoms with Crippen LogP contribution in [-0.4, -0.2) is 51.3 Å². The molecule has 0 unspecified atom stereocenters. The van der Waals surface area contributed by atoms with Crippen molar-refractivity contribution in [3.63, 3.8) is 0 Å². The predicted octanol–water partition coefficient (Wildman–Crippen LogP) is 1.48. The molecule has 0 aromatic carbocycles. The number of hydrogen-bond acceptors (Lipinski definition) is 5. The smallest absolute Gasteiger partial charge is 0.410 e. The minimum Gasteiger partial charge on any atom is -0.467 e. The number of nitrogens with zero attached hydrogens (tertiary/aromatic N) is 4. The highest BCUT2D eigenvalue weighted by molar-refractivity contribution is 5.82. The summed E-state index contributed by atoms with van der Waals surface area (Å²) in [4.78, 5) is 27.7. The molecule has 1 aliphatic heterocycles. The first-order chi connectivity index (χ1) is 12.6. The van der Waals surface area contributed by atoms with E-state index in [0.29, 0.717) is 32.0 Å². The van der Waals surface area contributed by atoms with Gasteiger partial charge in [0, 0.05) is 12.7 Å². The number of cyclic esters (lactones) is 1. The largest absolute Gasteiger partial charge is 0.467 e. The van der Waals surface area contributed by atoms with Crippen LogP contribution in [0.4, 0.5) is 4.79 Å². The lowest BCUT2D eigenvalue weighted by atomic mass is 10.2. The number of hydrogen-bond donors (Lipinski definition) is 0. The van der Waals surface area contributed by atoms with Gasteiger partial charge in [-0.1, -0.05) is 0 Å². The molecule has 1 saturated heterocycles. The van der Waals surface area contributed by atoms with Crippen molar-refractivity contribution >= 4 is 12.0 Å². The van der Waals surface area contributed by atoms with Crippen LogP contribution in [0.15, 0.2) is 22.8 Å². The SMILES string of the molecule is Cn1nc(CN(Cc2ccco2)C(=O)CN2CCOC2=O)c2c1CCC2. The summed E-state index contributed by atoms with van der Waals surface area (Å²) in [5.74, 6) is 0.563. The third-order valence-electron chi connectivity index (χ3n) is 4.99. The van der Waals surface area contributed by atoms with Gasteiger partial charge in [0.1, 0.15) is 18.9 Å². The highest BCUT2D eigenvalue weighted by Crippen LogP contribution is 2.26.